The lowest BCUT2D eigenvalue weighted by Crippen LogP contribution is -2.48. The number of methoxy groups -OCH3 is 1. The standard InChI is InChI=1S/C21H34O4Si/c1-12(2)26(13(3)4,14(5)6)25-16-9-10-17-18(11-16)20(23)21(24-8)15(7)19(17)22/h9,12-14,17-18H,10-11H2,1-8H3/t17-,18+/m0/s1. The Bertz CT molecular complexity index is 621. The highest BCUT2D eigenvalue weighted by Gasteiger charge is 2.49. The smallest absolute Gasteiger partial charge is 0.258 e. The zero-order chi connectivity index (χ0) is 19.8. The zero-order valence-electron chi connectivity index (χ0n) is 17.5. The fourth-order valence-corrected chi connectivity index (χ4v) is 10.4. The van der Waals surface area contributed by atoms with Crippen molar-refractivity contribution in [3.63, 3.8) is 0 Å². The van der Waals surface area contributed by atoms with Crippen LogP contribution in [0.15, 0.2) is 23.2 Å². The summed E-state index contributed by atoms with van der Waals surface area (Å²) in [5.41, 5.74) is 1.89. The van der Waals surface area contributed by atoms with Crippen molar-refractivity contribution < 1.29 is 18.8 Å². The Morgan fingerprint density at radius 3 is 1.96 bits per heavy atom. The molecule has 0 amide bonds. The van der Waals surface area contributed by atoms with E-state index in [0.717, 1.165) is 5.76 Å². The van der Waals surface area contributed by atoms with E-state index in [1.807, 2.05) is 0 Å². The van der Waals surface area contributed by atoms with Gasteiger partial charge in [0.1, 0.15) is 0 Å². The Kier molecular flexibility index (Phi) is 6.21. The van der Waals surface area contributed by atoms with Crippen LogP contribution in [0, 0.1) is 11.8 Å². The molecule has 5 heteroatoms. The summed E-state index contributed by atoms with van der Waals surface area (Å²) in [6.45, 7) is 15.2. The number of allylic oxidation sites excluding steroid dienone is 4. The molecule has 0 aliphatic heterocycles. The molecule has 0 saturated heterocycles. The van der Waals surface area contributed by atoms with E-state index >= 15 is 0 Å². The molecule has 0 fully saturated rings. The summed E-state index contributed by atoms with van der Waals surface area (Å²) in [5.74, 6) is 0.528. The van der Waals surface area contributed by atoms with E-state index in [0.29, 0.717) is 35.0 Å². The molecule has 0 bridgehead atoms. The second kappa shape index (κ2) is 7.71. The monoisotopic (exact) mass is 378 g/mol. The number of Topliss-reactive ketones (excluding diaryl/α,β-unsaturated/α-hetero) is 2. The van der Waals surface area contributed by atoms with Crippen molar-refractivity contribution in [2.75, 3.05) is 7.11 Å². The van der Waals surface area contributed by atoms with Gasteiger partial charge in [-0.1, -0.05) is 41.5 Å². The number of ketones is 2. The van der Waals surface area contributed by atoms with Gasteiger partial charge in [0.2, 0.25) is 5.78 Å². The third kappa shape index (κ3) is 3.30. The first-order valence-electron chi connectivity index (χ1n) is 9.79. The number of rotatable bonds is 6. The van der Waals surface area contributed by atoms with Gasteiger partial charge in [-0.2, -0.15) is 0 Å². The van der Waals surface area contributed by atoms with Crippen LogP contribution in [-0.4, -0.2) is 27.0 Å². The Hall–Kier alpha value is -1.36. The van der Waals surface area contributed by atoms with Crippen LogP contribution in [0.3, 0.4) is 0 Å². The Morgan fingerprint density at radius 2 is 1.50 bits per heavy atom. The molecular weight excluding hydrogens is 344 g/mol. The molecule has 0 unspecified atom stereocenters. The summed E-state index contributed by atoms with van der Waals surface area (Å²) >= 11 is 0. The van der Waals surface area contributed by atoms with Crippen LogP contribution in [0.1, 0.15) is 61.3 Å². The van der Waals surface area contributed by atoms with E-state index in [2.05, 4.69) is 47.6 Å². The van der Waals surface area contributed by atoms with Crippen LogP contribution in [0.25, 0.3) is 0 Å². The third-order valence-electron chi connectivity index (χ3n) is 6.33. The summed E-state index contributed by atoms with van der Waals surface area (Å²) in [4.78, 5) is 25.5. The summed E-state index contributed by atoms with van der Waals surface area (Å²) in [6.07, 6.45) is 3.15. The number of ether oxygens (including phenoxy) is 1. The minimum Gasteiger partial charge on any atom is -0.546 e. The van der Waals surface area contributed by atoms with Gasteiger partial charge in [-0.25, -0.2) is 0 Å². The molecule has 0 N–H and O–H groups in total. The van der Waals surface area contributed by atoms with Crippen LogP contribution in [0.2, 0.25) is 16.6 Å². The first-order chi connectivity index (χ1) is 12.1. The SMILES string of the molecule is COC1=C(C)C(=O)[C@H]2CC=C(O[Si](C(C)C)(C(C)C)C(C)C)C[C@H]2C1=O. The molecule has 2 rings (SSSR count). The lowest BCUT2D eigenvalue weighted by Gasteiger charge is -2.44. The first-order valence-corrected chi connectivity index (χ1v) is 11.9. The fourth-order valence-electron chi connectivity index (χ4n) is 5.09. The van der Waals surface area contributed by atoms with Crippen molar-refractivity contribution in [2.24, 2.45) is 11.8 Å². The Labute approximate surface area is 159 Å². The molecule has 4 nitrogen and oxygen atoms in total. The molecule has 26 heavy (non-hydrogen) atoms. The summed E-state index contributed by atoms with van der Waals surface area (Å²) in [6, 6.07) is 0. The zero-order valence-corrected chi connectivity index (χ0v) is 18.5. The van der Waals surface area contributed by atoms with E-state index in [-0.39, 0.29) is 29.2 Å². The van der Waals surface area contributed by atoms with E-state index in [4.69, 9.17) is 9.16 Å². The molecule has 146 valence electrons. The normalized spacial score (nSPS) is 24.3. The fraction of sp³-hybridized carbons (Fsp3) is 0.714. The largest absolute Gasteiger partial charge is 0.546 e. The average Bonchev–Trinajstić information content (AvgIpc) is 2.57. The van der Waals surface area contributed by atoms with Crippen LogP contribution in [0.5, 0.6) is 0 Å². The highest BCUT2D eigenvalue weighted by Crippen LogP contribution is 2.46. The number of fused-ring (bicyclic) bond motifs is 1. The molecular formula is C21H34O4Si. The van der Waals surface area contributed by atoms with Crippen LogP contribution < -0.4 is 0 Å². The van der Waals surface area contributed by atoms with Gasteiger partial charge in [-0.05, 0) is 36.0 Å². The first kappa shape index (κ1) is 20.9. The van der Waals surface area contributed by atoms with Gasteiger partial charge in [0.15, 0.2) is 11.5 Å². The number of hydrogen-bond acceptors (Lipinski definition) is 4. The molecule has 2 aliphatic rings. The molecule has 0 radical (unpaired) electrons. The maximum atomic E-state index is 12.9. The quantitative estimate of drug-likeness (QED) is 0.599. The maximum absolute atomic E-state index is 12.9. The van der Waals surface area contributed by atoms with Crippen molar-refractivity contribution >= 4 is 19.9 Å². The Morgan fingerprint density at radius 1 is 0.962 bits per heavy atom. The van der Waals surface area contributed by atoms with Crippen molar-refractivity contribution in [1.82, 2.24) is 0 Å². The molecule has 0 aromatic heterocycles. The van der Waals surface area contributed by atoms with Gasteiger partial charge in [0.05, 0.1) is 12.9 Å². The average molecular weight is 379 g/mol. The highest BCUT2D eigenvalue weighted by atomic mass is 28.4. The van der Waals surface area contributed by atoms with Crippen LogP contribution in [-0.2, 0) is 18.8 Å². The molecule has 2 atom stereocenters. The lowest BCUT2D eigenvalue weighted by molar-refractivity contribution is -0.133. The van der Waals surface area contributed by atoms with Crippen LogP contribution in [0.4, 0.5) is 0 Å². The van der Waals surface area contributed by atoms with Crippen molar-refractivity contribution in [3.05, 3.63) is 23.2 Å². The molecule has 0 spiro atoms. The van der Waals surface area contributed by atoms with Crippen molar-refractivity contribution in [1.29, 1.82) is 0 Å². The molecule has 2 aliphatic carbocycles. The molecule has 0 heterocycles. The van der Waals surface area contributed by atoms with Crippen LogP contribution >= 0.6 is 0 Å². The second-order valence-corrected chi connectivity index (χ2v) is 14.0. The predicted octanol–water partition coefficient (Wildman–Crippen LogP) is 5.16. The summed E-state index contributed by atoms with van der Waals surface area (Å²) in [7, 11) is -0.590. The molecule has 0 saturated carbocycles. The maximum Gasteiger partial charge on any atom is 0.258 e. The number of carbonyl (C=O) groups excluding carboxylic acids is 2. The van der Waals surface area contributed by atoms with Crippen molar-refractivity contribution in [3.8, 4) is 0 Å². The highest BCUT2D eigenvalue weighted by molar-refractivity contribution is 6.77. The van der Waals surface area contributed by atoms with Gasteiger partial charge in [-0.3, -0.25) is 9.59 Å². The van der Waals surface area contributed by atoms with Crippen molar-refractivity contribution in [2.45, 2.75) is 77.9 Å². The lowest BCUT2D eigenvalue weighted by atomic mass is 9.71. The molecule has 0 aromatic carbocycles. The van der Waals surface area contributed by atoms with E-state index in [1.165, 1.54) is 7.11 Å². The summed E-state index contributed by atoms with van der Waals surface area (Å²) < 4.78 is 12.0. The minimum atomic E-state index is -2.06. The number of hydrogen-bond donors (Lipinski definition) is 0. The topological polar surface area (TPSA) is 52.6 Å². The van der Waals surface area contributed by atoms with E-state index in [9.17, 15) is 9.59 Å². The van der Waals surface area contributed by atoms with E-state index in [1.54, 1.807) is 6.92 Å². The van der Waals surface area contributed by atoms with Gasteiger partial charge in [0.25, 0.3) is 8.32 Å². The predicted molar refractivity (Wildman–Crippen MR) is 106 cm³/mol. The second-order valence-electron chi connectivity index (χ2n) is 8.63. The van der Waals surface area contributed by atoms with Gasteiger partial charge in [-0.15, -0.1) is 0 Å². The summed E-state index contributed by atoms with van der Waals surface area (Å²) in [5, 5.41) is 0. The Balaban J connectivity index is 2.32. The van der Waals surface area contributed by atoms with E-state index < -0.39 is 8.32 Å². The van der Waals surface area contributed by atoms with Gasteiger partial charge < -0.3 is 9.16 Å². The molecule has 0 aromatic rings. The third-order valence-corrected chi connectivity index (χ3v) is 12.4. The minimum absolute atomic E-state index is 0.0434. The van der Waals surface area contributed by atoms with Gasteiger partial charge in [0, 0.05) is 23.8 Å². The number of carbonyl (C=O) groups is 2. The van der Waals surface area contributed by atoms with Gasteiger partial charge >= 0.3 is 0 Å².